The summed E-state index contributed by atoms with van der Waals surface area (Å²) < 4.78 is 13.2. The van der Waals surface area contributed by atoms with Crippen molar-refractivity contribution in [3.05, 3.63) is 58.9 Å². The second-order valence-electron chi connectivity index (χ2n) is 6.33. The van der Waals surface area contributed by atoms with E-state index in [-0.39, 0.29) is 23.4 Å². The first-order valence-corrected chi connectivity index (χ1v) is 8.99. The van der Waals surface area contributed by atoms with E-state index >= 15 is 0 Å². The minimum Gasteiger partial charge on any atom is -0.369 e. The number of amides is 2. The molecular formula is C19H18ClFN6O2. The highest BCUT2D eigenvalue weighted by molar-refractivity contribution is 6.31. The molecule has 0 bridgehead atoms. The summed E-state index contributed by atoms with van der Waals surface area (Å²) in [5, 5.41) is 7.79. The highest BCUT2D eigenvalue weighted by atomic mass is 35.5. The maximum absolute atomic E-state index is 13.2. The van der Waals surface area contributed by atoms with Gasteiger partial charge in [0.25, 0.3) is 5.91 Å². The van der Waals surface area contributed by atoms with Crippen molar-refractivity contribution in [2.24, 2.45) is 15.7 Å². The molecule has 0 fully saturated rings. The van der Waals surface area contributed by atoms with Gasteiger partial charge in [-0.2, -0.15) is 4.99 Å². The molecule has 150 valence electrons. The van der Waals surface area contributed by atoms with Crippen molar-refractivity contribution < 1.29 is 14.0 Å². The van der Waals surface area contributed by atoms with Gasteiger partial charge < -0.3 is 16.4 Å². The van der Waals surface area contributed by atoms with Crippen molar-refractivity contribution in [2.75, 3.05) is 10.6 Å². The van der Waals surface area contributed by atoms with Crippen LogP contribution in [0, 0.1) is 12.7 Å². The standard InChI is InChI=1S/C19H18ClFN6O2/c1-10-3-2-4-11(7-10)24-18(22)27-19-25-15(17(29)26-19)9-16(28)23-12-5-6-14(21)13(20)8-12/h2-8,15H,9H2,1H3,(H,23,28)(H4,22,24,25,26,27,29). The molecule has 10 heteroatoms. The lowest BCUT2D eigenvalue weighted by Crippen LogP contribution is -2.32. The van der Waals surface area contributed by atoms with Gasteiger partial charge in [0.05, 0.1) is 11.4 Å². The summed E-state index contributed by atoms with van der Waals surface area (Å²) in [7, 11) is 0. The number of rotatable bonds is 4. The first-order chi connectivity index (χ1) is 13.8. The number of benzene rings is 2. The van der Waals surface area contributed by atoms with Gasteiger partial charge in [-0.05, 0) is 42.8 Å². The van der Waals surface area contributed by atoms with Crippen molar-refractivity contribution in [2.45, 2.75) is 19.4 Å². The van der Waals surface area contributed by atoms with Crippen LogP contribution in [0.4, 0.5) is 15.8 Å². The molecule has 5 N–H and O–H groups in total. The molecule has 29 heavy (non-hydrogen) atoms. The quantitative estimate of drug-likeness (QED) is 0.451. The molecule has 1 aliphatic heterocycles. The van der Waals surface area contributed by atoms with E-state index in [9.17, 15) is 14.0 Å². The third-order valence-electron chi connectivity index (χ3n) is 3.91. The van der Waals surface area contributed by atoms with Crippen LogP contribution < -0.4 is 21.7 Å². The molecule has 0 radical (unpaired) electrons. The summed E-state index contributed by atoms with van der Waals surface area (Å²) in [6, 6.07) is 10.3. The third kappa shape index (κ3) is 5.52. The zero-order valence-corrected chi connectivity index (χ0v) is 16.1. The summed E-state index contributed by atoms with van der Waals surface area (Å²) in [5.74, 6) is -1.49. The van der Waals surface area contributed by atoms with Crippen LogP contribution in [0.15, 0.2) is 52.4 Å². The van der Waals surface area contributed by atoms with Gasteiger partial charge in [-0.25, -0.2) is 9.38 Å². The minimum absolute atomic E-state index is 0.00952. The Morgan fingerprint density at radius 1 is 1.28 bits per heavy atom. The first kappa shape index (κ1) is 20.3. The summed E-state index contributed by atoms with van der Waals surface area (Å²) in [6.07, 6.45) is -0.217. The van der Waals surface area contributed by atoms with Gasteiger partial charge in [-0.3, -0.25) is 14.9 Å². The van der Waals surface area contributed by atoms with Gasteiger partial charge in [0, 0.05) is 11.4 Å². The number of anilines is 2. The van der Waals surface area contributed by atoms with Crippen LogP contribution in [0.3, 0.4) is 0 Å². The number of nitrogens with zero attached hydrogens (tertiary/aromatic N) is 2. The van der Waals surface area contributed by atoms with Gasteiger partial charge >= 0.3 is 0 Å². The SMILES string of the molecule is Cc1cccc(N/C(N)=N/C2=NC(CC(=O)Nc3ccc(F)c(Cl)c3)C(=O)N2)c1. The van der Waals surface area contributed by atoms with E-state index in [0.29, 0.717) is 5.69 Å². The van der Waals surface area contributed by atoms with E-state index < -0.39 is 23.7 Å². The molecule has 0 saturated carbocycles. The Bertz CT molecular complexity index is 1020. The molecule has 1 atom stereocenters. The monoisotopic (exact) mass is 416 g/mol. The number of halogens is 2. The second-order valence-corrected chi connectivity index (χ2v) is 6.74. The van der Waals surface area contributed by atoms with Crippen LogP contribution in [0.5, 0.6) is 0 Å². The lowest BCUT2D eigenvalue weighted by atomic mass is 10.2. The number of guanidine groups is 2. The molecule has 8 nitrogen and oxygen atoms in total. The van der Waals surface area contributed by atoms with E-state index in [1.807, 2.05) is 31.2 Å². The average Bonchev–Trinajstić information content (AvgIpc) is 2.96. The van der Waals surface area contributed by atoms with Crippen LogP contribution in [0.1, 0.15) is 12.0 Å². The fourth-order valence-electron chi connectivity index (χ4n) is 2.60. The third-order valence-corrected chi connectivity index (χ3v) is 4.20. The predicted octanol–water partition coefficient (Wildman–Crippen LogP) is 2.40. The second kappa shape index (κ2) is 8.70. The number of hydrogen-bond acceptors (Lipinski definition) is 4. The van der Waals surface area contributed by atoms with Gasteiger partial charge in [0.2, 0.25) is 17.8 Å². The zero-order valence-electron chi connectivity index (χ0n) is 15.4. The normalized spacial score (nSPS) is 16.2. The molecular weight excluding hydrogens is 399 g/mol. The lowest BCUT2D eigenvalue weighted by Gasteiger charge is -2.07. The van der Waals surface area contributed by atoms with Crippen molar-refractivity contribution in [3.63, 3.8) is 0 Å². The van der Waals surface area contributed by atoms with Crippen LogP contribution in [0.25, 0.3) is 0 Å². The number of aryl methyl sites for hydroxylation is 1. The van der Waals surface area contributed by atoms with Crippen LogP contribution >= 0.6 is 11.6 Å². The Balaban J connectivity index is 1.61. The Labute approximate surface area is 171 Å². The van der Waals surface area contributed by atoms with Crippen molar-refractivity contribution in [3.8, 4) is 0 Å². The fourth-order valence-corrected chi connectivity index (χ4v) is 2.78. The first-order valence-electron chi connectivity index (χ1n) is 8.61. The molecule has 2 aromatic carbocycles. The molecule has 1 unspecified atom stereocenters. The summed E-state index contributed by atoms with van der Waals surface area (Å²) >= 11 is 5.68. The van der Waals surface area contributed by atoms with Crippen molar-refractivity contribution in [1.82, 2.24) is 5.32 Å². The minimum atomic E-state index is -0.948. The van der Waals surface area contributed by atoms with Crippen LogP contribution in [-0.2, 0) is 9.59 Å². The predicted molar refractivity (Wildman–Crippen MR) is 110 cm³/mol. The Kier molecular flexibility index (Phi) is 6.08. The van der Waals surface area contributed by atoms with E-state index in [1.165, 1.54) is 12.1 Å². The average molecular weight is 417 g/mol. The molecule has 0 aromatic heterocycles. The highest BCUT2D eigenvalue weighted by Crippen LogP contribution is 2.20. The molecule has 0 aliphatic carbocycles. The van der Waals surface area contributed by atoms with E-state index in [1.54, 1.807) is 0 Å². The fraction of sp³-hybridized carbons (Fsp3) is 0.158. The lowest BCUT2D eigenvalue weighted by molar-refractivity contribution is -0.123. The van der Waals surface area contributed by atoms with Crippen molar-refractivity contribution in [1.29, 1.82) is 0 Å². The maximum atomic E-state index is 13.2. The maximum Gasteiger partial charge on any atom is 0.252 e. The topological polar surface area (TPSA) is 121 Å². The molecule has 0 spiro atoms. The van der Waals surface area contributed by atoms with E-state index in [4.69, 9.17) is 17.3 Å². The van der Waals surface area contributed by atoms with E-state index in [2.05, 4.69) is 25.9 Å². The number of aliphatic imine (C=N–C) groups is 2. The highest BCUT2D eigenvalue weighted by Gasteiger charge is 2.28. The number of carbonyl (C=O) groups excluding carboxylic acids is 2. The smallest absolute Gasteiger partial charge is 0.252 e. The zero-order chi connectivity index (χ0) is 21.0. The van der Waals surface area contributed by atoms with Gasteiger partial charge in [0.1, 0.15) is 11.9 Å². The number of nitrogens with two attached hydrogens (primary N) is 1. The van der Waals surface area contributed by atoms with Crippen LogP contribution in [0.2, 0.25) is 5.02 Å². The molecule has 3 rings (SSSR count). The molecule has 2 aromatic rings. The summed E-state index contributed by atoms with van der Waals surface area (Å²) in [4.78, 5) is 32.3. The van der Waals surface area contributed by atoms with Gasteiger partial charge in [-0.15, -0.1) is 0 Å². The van der Waals surface area contributed by atoms with Gasteiger partial charge in [0.15, 0.2) is 0 Å². The largest absolute Gasteiger partial charge is 0.369 e. The van der Waals surface area contributed by atoms with E-state index in [0.717, 1.165) is 17.3 Å². The number of hydrogen-bond donors (Lipinski definition) is 4. The Morgan fingerprint density at radius 3 is 2.76 bits per heavy atom. The van der Waals surface area contributed by atoms with Gasteiger partial charge in [-0.1, -0.05) is 23.7 Å². The molecule has 2 amide bonds. The molecule has 0 saturated heterocycles. The van der Waals surface area contributed by atoms with Crippen molar-refractivity contribution >= 4 is 46.7 Å². The Morgan fingerprint density at radius 2 is 2.03 bits per heavy atom. The van der Waals surface area contributed by atoms with Crippen LogP contribution in [-0.4, -0.2) is 29.8 Å². The summed E-state index contributed by atoms with van der Waals surface area (Å²) in [5.41, 5.74) is 7.94. The number of carbonyl (C=O) groups is 2. The number of nitrogens with one attached hydrogen (secondary N) is 3. The molecule has 1 heterocycles. The summed E-state index contributed by atoms with van der Waals surface area (Å²) in [6.45, 7) is 1.94. The molecule has 1 aliphatic rings. The Hall–Kier alpha value is -3.46.